The van der Waals surface area contributed by atoms with Gasteiger partial charge in [0, 0.05) is 23.6 Å². The predicted molar refractivity (Wildman–Crippen MR) is 83.2 cm³/mol. The third kappa shape index (κ3) is 3.47. The first kappa shape index (κ1) is 15.8. The molecule has 3 rings (SSSR count). The Kier molecular flexibility index (Phi) is 4.81. The summed E-state index contributed by atoms with van der Waals surface area (Å²) < 4.78 is 5.70. The van der Waals surface area contributed by atoms with Gasteiger partial charge in [0.2, 0.25) is 5.91 Å². The Morgan fingerprint density at radius 1 is 1.22 bits per heavy atom. The van der Waals surface area contributed by atoms with Gasteiger partial charge in [0.15, 0.2) is 0 Å². The fourth-order valence-corrected chi connectivity index (χ4v) is 3.37. The maximum Gasteiger partial charge on any atom is 0.274 e. The number of benzene rings is 1. The molecule has 1 heterocycles. The van der Waals surface area contributed by atoms with Crippen LogP contribution in [0.1, 0.15) is 48.0 Å². The third-order valence-electron chi connectivity index (χ3n) is 4.68. The van der Waals surface area contributed by atoms with Crippen molar-refractivity contribution in [1.29, 1.82) is 0 Å². The van der Waals surface area contributed by atoms with Crippen LogP contribution in [0.25, 0.3) is 0 Å². The summed E-state index contributed by atoms with van der Waals surface area (Å²) in [5, 5.41) is 8.71. The Balaban J connectivity index is 1.75. The molecule has 1 aromatic rings. The molecule has 2 N–H and O–H groups in total. The van der Waals surface area contributed by atoms with E-state index in [1.165, 1.54) is 6.42 Å². The molecule has 1 aliphatic heterocycles. The lowest BCUT2D eigenvalue weighted by molar-refractivity contribution is -0.137. The zero-order valence-corrected chi connectivity index (χ0v) is 13.1. The van der Waals surface area contributed by atoms with Crippen LogP contribution < -0.4 is 10.2 Å². The van der Waals surface area contributed by atoms with E-state index in [2.05, 4.69) is 0 Å². The molecular formula is C17H22N2O4. The van der Waals surface area contributed by atoms with E-state index in [0.717, 1.165) is 31.2 Å². The van der Waals surface area contributed by atoms with Crippen LogP contribution in [-0.4, -0.2) is 35.1 Å². The fourth-order valence-electron chi connectivity index (χ4n) is 3.37. The molecule has 6 heteroatoms. The molecule has 2 amide bonds. The minimum Gasteiger partial charge on any atom is -0.491 e. The molecule has 23 heavy (non-hydrogen) atoms. The van der Waals surface area contributed by atoms with E-state index in [0.29, 0.717) is 31.0 Å². The van der Waals surface area contributed by atoms with Crippen LogP contribution in [0.3, 0.4) is 0 Å². The number of hydrogen-bond acceptors (Lipinski definition) is 4. The van der Waals surface area contributed by atoms with Crippen LogP contribution in [0.2, 0.25) is 0 Å². The van der Waals surface area contributed by atoms with Crippen molar-refractivity contribution >= 4 is 11.8 Å². The van der Waals surface area contributed by atoms with Crippen LogP contribution >= 0.6 is 0 Å². The first-order valence-electron chi connectivity index (χ1n) is 8.18. The van der Waals surface area contributed by atoms with Crippen LogP contribution in [0.5, 0.6) is 5.75 Å². The van der Waals surface area contributed by atoms with Gasteiger partial charge in [-0.15, -0.1) is 0 Å². The topological polar surface area (TPSA) is 78.9 Å². The number of amides is 2. The van der Waals surface area contributed by atoms with Gasteiger partial charge in [0.05, 0.1) is 6.54 Å². The molecule has 0 unspecified atom stereocenters. The van der Waals surface area contributed by atoms with Crippen molar-refractivity contribution in [2.75, 3.05) is 13.2 Å². The predicted octanol–water partition coefficient (Wildman–Crippen LogP) is 2.11. The summed E-state index contributed by atoms with van der Waals surface area (Å²) in [5.74, 6) is 0.392. The van der Waals surface area contributed by atoms with Gasteiger partial charge < -0.3 is 9.64 Å². The Labute approximate surface area is 135 Å². The molecule has 6 nitrogen and oxygen atoms in total. The lowest BCUT2D eigenvalue weighted by Gasteiger charge is -2.28. The van der Waals surface area contributed by atoms with Gasteiger partial charge in [-0.2, -0.15) is 0 Å². The minimum absolute atomic E-state index is 0.143. The van der Waals surface area contributed by atoms with Crippen LogP contribution in [-0.2, 0) is 11.3 Å². The Bertz CT molecular complexity index is 596. The Hall–Kier alpha value is -2.08. The fraction of sp³-hybridized carbons (Fsp3) is 0.529. The molecule has 0 spiro atoms. The average Bonchev–Trinajstić information content (AvgIpc) is 2.82. The highest BCUT2D eigenvalue weighted by atomic mass is 16.5. The van der Waals surface area contributed by atoms with Crippen LogP contribution in [0.15, 0.2) is 18.2 Å². The molecule has 0 saturated heterocycles. The van der Waals surface area contributed by atoms with Crippen molar-refractivity contribution < 1.29 is 19.5 Å². The van der Waals surface area contributed by atoms with E-state index in [9.17, 15) is 9.59 Å². The third-order valence-corrected chi connectivity index (χ3v) is 4.68. The second-order valence-corrected chi connectivity index (χ2v) is 6.21. The van der Waals surface area contributed by atoms with E-state index < -0.39 is 5.91 Å². The van der Waals surface area contributed by atoms with Gasteiger partial charge in [-0.05, 0) is 25.0 Å². The summed E-state index contributed by atoms with van der Waals surface area (Å²) in [5.41, 5.74) is 2.84. The summed E-state index contributed by atoms with van der Waals surface area (Å²) in [4.78, 5) is 26.1. The van der Waals surface area contributed by atoms with Crippen molar-refractivity contribution in [2.24, 2.45) is 5.92 Å². The van der Waals surface area contributed by atoms with Gasteiger partial charge in [0.25, 0.3) is 5.91 Å². The first-order chi connectivity index (χ1) is 11.2. The van der Waals surface area contributed by atoms with Gasteiger partial charge >= 0.3 is 0 Å². The lowest BCUT2D eigenvalue weighted by Crippen LogP contribution is -2.37. The number of hydrogen-bond donors (Lipinski definition) is 2. The summed E-state index contributed by atoms with van der Waals surface area (Å²) in [6, 6.07) is 5.02. The average molecular weight is 318 g/mol. The molecule has 1 aromatic carbocycles. The van der Waals surface area contributed by atoms with E-state index in [1.807, 2.05) is 4.90 Å². The highest BCUT2D eigenvalue weighted by molar-refractivity contribution is 5.93. The van der Waals surface area contributed by atoms with E-state index in [4.69, 9.17) is 9.94 Å². The zero-order chi connectivity index (χ0) is 16.2. The number of fused-ring (bicyclic) bond motifs is 1. The number of nitrogens with one attached hydrogen (secondary N) is 1. The minimum atomic E-state index is -0.573. The van der Waals surface area contributed by atoms with Crippen molar-refractivity contribution in [1.82, 2.24) is 10.4 Å². The van der Waals surface area contributed by atoms with Crippen LogP contribution in [0.4, 0.5) is 0 Å². The maximum absolute atomic E-state index is 12.7. The summed E-state index contributed by atoms with van der Waals surface area (Å²) in [6.45, 7) is 1.48. The number of carbonyl (C=O) groups is 2. The first-order valence-corrected chi connectivity index (χ1v) is 8.18. The molecule has 1 saturated carbocycles. The number of rotatable bonds is 2. The Morgan fingerprint density at radius 2 is 2.00 bits per heavy atom. The second-order valence-electron chi connectivity index (χ2n) is 6.21. The van der Waals surface area contributed by atoms with Gasteiger partial charge in [-0.3, -0.25) is 14.8 Å². The smallest absolute Gasteiger partial charge is 0.274 e. The molecule has 0 atom stereocenters. The van der Waals surface area contributed by atoms with Crippen molar-refractivity contribution in [3.05, 3.63) is 29.3 Å². The van der Waals surface area contributed by atoms with Crippen molar-refractivity contribution in [3.63, 3.8) is 0 Å². The zero-order valence-electron chi connectivity index (χ0n) is 13.1. The normalized spacial score (nSPS) is 18.6. The SMILES string of the molecule is O=C(NO)c1ccc2c(c1)OCCN(C(=O)C1CCCCC1)C2. The molecule has 0 aromatic heterocycles. The van der Waals surface area contributed by atoms with E-state index in [-0.39, 0.29) is 11.8 Å². The summed E-state index contributed by atoms with van der Waals surface area (Å²) in [6.07, 6.45) is 5.47. The van der Waals surface area contributed by atoms with Gasteiger partial charge in [-0.25, -0.2) is 5.48 Å². The molecule has 2 aliphatic rings. The summed E-state index contributed by atoms with van der Waals surface area (Å²) in [7, 11) is 0. The van der Waals surface area contributed by atoms with Crippen molar-refractivity contribution in [3.8, 4) is 5.75 Å². The molecule has 124 valence electrons. The summed E-state index contributed by atoms with van der Waals surface area (Å²) >= 11 is 0. The van der Waals surface area contributed by atoms with E-state index >= 15 is 0 Å². The highest BCUT2D eigenvalue weighted by Gasteiger charge is 2.28. The quantitative estimate of drug-likeness (QED) is 0.646. The van der Waals surface area contributed by atoms with Gasteiger partial charge in [0.1, 0.15) is 12.4 Å². The number of hydroxylamine groups is 1. The Morgan fingerprint density at radius 3 is 2.74 bits per heavy atom. The molecule has 1 fully saturated rings. The number of carbonyl (C=O) groups excluding carboxylic acids is 2. The number of nitrogens with zero attached hydrogens (tertiary/aromatic N) is 1. The molecule has 1 aliphatic carbocycles. The highest BCUT2D eigenvalue weighted by Crippen LogP contribution is 2.29. The molecule has 0 radical (unpaired) electrons. The molecule has 0 bridgehead atoms. The van der Waals surface area contributed by atoms with Crippen molar-refractivity contribution in [2.45, 2.75) is 38.6 Å². The largest absolute Gasteiger partial charge is 0.491 e. The second kappa shape index (κ2) is 7.00. The van der Waals surface area contributed by atoms with Crippen LogP contribution in [0, 0.1) is 5.92 Å². The maximum atomic E-state index is 12.7. The molecular weight excluding hydrogens is 296 g/mol. The lowest BCUT2D eigenvalue weighted by atomic mass is 9.88. The number of ether oxygens (including phenoxy) is 1. The monoisotopic (exact) mass is 318 g/mol. The van der Waals surface area contributed by atoms with Gasteiger partial charge in [-0.1, -0.05) is 25.3 Å². The standard InChI is InChI=1S/C17H22N2O4/c20-16(18-22)13-6-7-14-11-19(8-9-23-15(14)10-13)17(21)12-4-2-1-3-5-12/h6-7,10,12,22H,1-5,8-9,11H2,(H,18,20). The van der Waals surface area contributed by atoms with E-state index in [1.54, 1.807) is 23.7 Å².